The molecule has 0 bridgehead atoms. The molecule has 0 spiro atoms. The molecule has 3 aliphatic carbocycles. The third-order valence-electron chi connectivity index (χ3n) is 11.9. The lowest BCUT2D eigenvalue weighted by molar-refractivity contribution is 0.659. The molecule has 50 heavy (non-hydrogen) atoms. The van der Waals surface area contributed by atoms with Gasteiger partial charge >= 0.3 is 0 Å². The van der Waals surface area contributed by atoms with Crippen LogP contribution < -0.4 is 15.5 Å². The second-order valence-electron chi connectivity index (χ2n) is 15.3. The van der Waals surface area contributed by atoms with Crippen LogP contribution in [0.2, 0.25) is 0 Å². The summed E-state index contributed by atoms with van der Waals surface area (Å²) in [6.07, 6.45) is 5.93. The molecule has 7 aromatic rings. The quantitative estimate of drug-likeness (QED) is 0.185. The van der Waals surface area contributed by atoms with E-state index in [1.807, 2.05) is 0 Å². The number of aromatic nitrogens is 1. The van der Waals surface area contributed by atoms with Gasteiger partial charge in [-0.1, -0.05) is 143 Å². The Morgan fingerprint density at radius 1 is 0.580 bits per heavy atom. The van der Waals surface area contributed by atoms with E-state index >= 15 is 0 Å². The van der Waals surface area contributed by atoms with E-state index in [-0.39, 0.29) is 16.9 Å². The highest BCUT2D eigenvalue weighted by Gasteiger charge is 2.40. The Hall–Kier alpha value is -5.60. The normalized spacial score (nSPS) is 17.2. The van der Waals surface area contributed by atoms with Gasteiger partial charge in [-0.05, 0) is 81.8 Å². The maximum Gasteiger partial charge on any atom is 0.0567 e. The molecule has 0 amide bonds. The maximum absolute atomic E-state index is 2.66. The Morgan fingerprint density at radius 2 is 1.22 bits per heavy atom. The van der Waals surface area contributed by atoms with Gasteiger partial charge in [0.05, 0.1) is 11.6 Å². The van der Waals surface area contributed by atoms with Gasteiger partial charge in [0.25, 0.3) is 0 Å². The fourth-order valence-corrected chi connectivity index (χ4v) is 9.48. The van der Waals surface area contributed by atoms with Gasteiger partial charge in [-0.25, -0.2) is 0 Å². The lowest BCUT2D eigenvalue weighted by Crippen LogP contribution is -2.39. The van der Waals surface area contributed by atoms with E-state index in [0.717, 1.165) is 6.42 Å². The van der Waals surface area contributed by atoms with Crippen LogP contribution in [0, 0.1) is 0 Å². The maximum atomic E-state index is 2.66. The van der Waals surface area contributed by atoms with Crippen LogP contribution in [0.5, 0.6) is 0 Å². The number of hydrogen-bond acceptors (Lipinski definition) is 1. The highest BCUT2D eigenvalue weighted by atomic mass is 15.2. The summed E-state index contributed by atoms with van der Waals surface area (Å²) in [5.41, 5.74) is 15.8. The largest absolute Gasteiger partial charge is 0.334 e. The highest BCUT2D eigenvalue weighted by molar-refractivity contribution is 5.94. The minimum atomic E-state index is -0.0838. The van der Waals surface area contributed by atoms with Gasteiger partial charge < -0.3 is 9.47 Å². The number of hydrogen-bond donors (Lipinski definition) is 0. The standard InChI is InChI=1S/C48H40N2/c1-47(2)40-21-12-9-19-37(40)46-41(47)22-14-24-45(46)49(33-25-27-35-34-17-8-11-20-39(34)48(3,4)42(35)30-33)32-26-28-44-38(29-32)36-18-10-13-23-43(36)50(44)31-15-6-5-7-16-31/h5-25,27-30,32H,26H2,1-4H3. The first-order valence-corrected chi connectivity index (χ1v) is 18.0. The first-order valence-electron chi connectivity index (χ1n) is 18.0. The van der Waals surface area contributed by atoms with E-state index in [1.54, 1.807) is 0 Å². The molecular weight excluding hydrogens is 605 g/mol. The van der Waals surface area contributed by atoms with Gasteiger partial charge in [-0.15, -0.1) is 0 Å². The summed E-state index contributed by atoms with van der Waals surface area (Å²) in [7, 11) is 0. The van der Waals surface area contributed by atoms with Crippen LogP contribution in [0.3, 0.4) is 0 Å². The Balaban J connectivity index is 1.23. The molecule has 3 aliphatic rings. The monoisotopic (exact) mass is 644 g/mol. The average molecular weight is 645 g/mol. The summed E-state index contributed by atoms with van der Waals surface area (Å²) >= 11 is 0. The summed E-state index contributed by atoms with van der Waals surface area (Å²) in [6.45, 7) is 9.53. The van der Waals surface area contributed by atoms with Crippen molar-refractivity contribution in [2.75, 3.05) is 4.90 Å². The molecular formula is C48H40N2. The number of fused-ring (bicyclic) bond motifs is 9. The summed E-state index contributed by atoms with van der Waals surface area (Å²) in [6, 6.07) is 52.1. The lowest BCUT2D eigenvalue weighted by atomic mass is 9.82. The van der Waals surface area contributed by atoms with Crippen molar-refractivity contribution >= 4 is 34.4 Å². The minimum Gasteiger partial charge on any atom is -0.334 e. The van der Waals surface area contributed by atoms with Crippen molar-refractivity contribution in [1.29, 1.82) is 0 Å². The topological polar surface area (TPSA) is 8.17 Å². The summed E-state index contributed by atoms with van der Waals surface area (Å²) in [4.78, 5) is 2.66. The Morgan fingerprint density at radius 3 is 2.04 bits per heavy atom. The predicted octanol–water partition coefficient (Wildman–Crippen LogP) is 10.4. The zero-order valence-electron chi connectivity index (χ0n) is 29.1. The van der Waals surface area contributed by atoms with E-state index in [2.05, 4.69) is 189 Å². The van der Waals surface area contributed by atoms with Crippen LogP contribution in [0.1, 0.15) is 56.4 Å². The molecule has 1 atom stereocenters. The van der Waals surface area contributed by atoms with Crippen LogP contribution in [0.25, 0.3) is 51.0 Å². The van der Waals surface area contributed by atoms with Crippen LogP contribution >= 0.6 is 0 Å². The number of para-hydroxylation sites is 2. The van der Waals surface area contributed by atoms with Gasteiger partial charge in [0.1, 0.15) is 0 Å². The zero-order valence-corrected chi connectivity index (χ0v) is 29.1. The second kappa shape index (κ2) is 10.5. The van der Waals surface area contributed by atoms with E-state index in [9.17, 15) is 0 Å². The molecule has 0 N–H and O–H groups in total. The van der Waals surface area contributed by atoms with Crippen LogP contribution in [0.4, 0.5) is 11.4 Å². The van der Waals surface area contributed by atoms with Crippen LogP contribution in [0.15, 0.2) is 140 Å². The molecule has 6 aromatic carbocycles. The molecule has 0 fully saturated rings. The fraction of sp³-hybridized carbons (Fsp3) is 0.167. The van der Waals surface area contributed by atoms with Crippen molar-refractivity contribution in [3.05, 3.63) is 172 Å². The number of nitrogens with zero attached hydrogens (tertiary/aromatic N) is 2. The van der Waals surface area contributed by atoms with Crippen LogP contribution in [-0.2, 0) is 10.8 Å². The average Bonchev–Trinajstić information content (AvgIpc) is 3.69. The molecule has 0 saturated carbocycles. The van der Waals surface area contributed by atoms with E-state index in [1.165, 1.54) is 83.0 Å². The lowest BCUT2D eigenvalue weighted by Gasteiger charge is -2.35. The molecule has 0 saturated heterocycles. The van der Waals surface area contributed by atoms with E-state index in [4.69, 9.17) is 0 Å². The minimum absolute atomic E-state index is 0.0755. The SMILES string of the molecule is CC1(C)c2ccccc2-c2ccc(N(c3cccc4c3-c3ccccc3C4(C)C)C3C=c4c(n(-c5ccccc5)c5ccccc45)=CC3)cc21. The molecule has 2 heteroatoms. The first-order chi connectivity index (χ1) is 24.3. The van der Waals surface area contributed by atoms with Gasteiger partial charge in [0, 0.05) is 49.4 Å². The van der Waals surface area contributed by atoms with E-state index < -0.39 is 0 Å². The van der Waals surface area contributed by atoms with Crippen molar-refractivity contribution < 1.29 is 0 Å². The van der Waals surface area contributed by atoms with Gasteiger partial charge in [-0.3, -0.25) is 0 Å². The third kappa shape index (κ3) is 3.96. The molecule has 242 valence electrons. The van der Waals surface area contributed by atoms with Crippen molar-refractivity contribution in [2.45, 2.75) is 51.0 Å². The van der Waals surface area contributed by atoms with Crippen LogP contribution in [-0.4, -0.2) is 10.6 Å². The molecule has 1 aromatic heterocycles. The van der Waals surface area contributed by atoms with Gasteiger partial charge in [0.2, 0.25) is 0 Å². The van der Waals surface area contributed by atoms with Crippen molar-refractivity contribution in [2.24, 2.45) is 0 Å². The summed E-state index contributed by atoms with van der Waals surface area (Å²) in [5.74, 6) is 0. The number of benzene rings is 6. The smallest absolute Gasteiger partial charge is 0.0567 e. The Kier molecular flexibility index (Phi) is 6.13. The Bertz CT molecular complexity index is 2640. The Labute approximate surface area is 294 Å². The molecule has 1 unspecified atom stereocenters. The third-order valence-corrected chi connectivity index (χ3v) is 11.9. The molecule has 0 radical (unpaired) electrons. The molecule has 0 aliphatic heterocycles. The van der Waals surface area contributed by atoms with Crippen molar-refractivity contribution in [3.8, 4) is 27.9 Å². The molecule has 10 rings (SSSR count). The predicted molar refractivity (Wildman–Crippen MR) is 210 cm³/mol. The number of anilines is 2. The fourth-order valence-electron chi connectivity index (χ4n) is 9.48. The first kappa shape index (κ1) is 29.3. The van der Waals surface area contributed by atoms with Crippen molar-refractivity contribution in [1.82, 2.24) is 4.57 Å². The van der Waals surface area contributed by atoms with E-state index in [0.29, 0.717) is 0 Å². The number of rotatable bonds is 4. The summed E-state index contributed by atoms with van der Waals surface area (Å²) in [5, 5.41) is 3.89. The highest BCUT2D eigenvalue weighted by Crippen LogP contribution is 2.55. The summed E-state index contributed by atoms with van der Waals surface area (Å²) < 4.78 is 2.44. The zero-order chi connectivity index (χ0) is 33.8. The van der Waals surface area contributed by atoms with Gasteiger partial charge in [0.15, 0.2) is 0 Å². The van der Waals surface area contributed by atoms with Crippen molar-refractivity contribution in [3.63, 3.8) is 0 Å². The molecule has 1 heterocycles. The molecule has 2 nitrogen and oxygen atoms in total. The van der Waals surface area contributed by atoms with Gasteiger partial charge in [-0.2, -0.15) is 0 Å². The second-order valence-corrected chi connectivity index (χ2v) is 15.3.